The summed E-state index contributed by atoms with van der Waals surface area (Å²) in [5.74, 6) is 0.219. The van der Waals surface area contributed by atoms with Crippen molar-refractivity contribution in [1.82, 2.24) is 20.1 Å². The maximum atomic E-state index is 12.1. The molecule has 0 fully saturated rings. The Bertz CT molecular complexity index is 908. The minimum Gasteiger partial charge on any atom is -0.351 e. The highest BCUT2D eigenvalue weighted by Crippen LogP contribution is 2.23. The number of nitrogens with zero attached hydrogens (tertiary/aromatic N) is 3. The van der Waals surface area contributed by atoms with Gasteiger partial charge in [-0.15, -0.1) is 10.2 Å². The molecular formula is C19H19ClN4OS. The Kier molecular flexibility index (Phi) is 5.96. The number of hydrogen-bond acceptors (Lipinski definition) is 4. The first-order chi connectivity index (χ1) is 12.5. The van der Waals surface area contributed by atoms with E-state index in [-0.39, 0.29) is 11.7 Å². The van der Waals surface area contributed by atoms with Crippen molar-refractivity contribution in [2.75, 3.05) is 5.75 Å². The Balaban J connectivity index is 1.58. The van der Waals surface area contributed by atoms with Crippen LogP contribution in [0.3, 0.4) is 0 Å². The molecule has 0 atom stereocenters. The highest BCUT2D eigenvalue weighted by Gasteiger charge is 2.11. The minimum atomic E-state index is -0.0490. The van der Waals surface area contributed by atoms with Crippen LogP contribution in [-0.4, -0.2) is 26.4 Å². The van der Waals surface area contributed by atoms with Crippen LogP contribution in [0.1, 0.15) is 16.7 Å². The van der Waals surface area contributed by atoms with E-state index in [9.17, 15) is 4.79 Å². The van der Waals surface area contributed by atoms with E-state index in [2.05, 4.69) is 15.5 Å². The lowest BCUT2D eigenvalue weighted by Crippen LogP contribution is -2.24. The molecule has 1 amide bonds. The molecule has 0 aliphatic heterocycles. The zero-order valence-corrected chi connectivity index (χ0v) is 16.1. The van der Waals surface area contributed by atoms with Crippen LogP contribution < -0.4 is 5.32 Å². The second kappa shape index (κ2) is 8.38. The highest BCUT2D eigenvalue weighted by molar-refractivity contribution is 7.99. The van der Waals surface area contributed by atoms with Gasteiger partial charge in [-0.2, -0.15) is 0 Å². The largest absolute Gasteiger partial charge is 0.351 e. The second-order valence-corrected chi connectivity index (χ2v) is 7.32. The fourth-order valence-corrected chi connectivity index (χ4v) is 3.25. The number of aromatic nitrogens is 3. The molecular weight excluding hydrogens is 368 g/mol. The summed E-state index contributed by atoms with van der Waals surface area (Å²) in [4.78, 5) is 12.1. The third-order valence-electron chi connectivity index (χ3n) is 3.89. The molecule has 3 aromatic rings. The molecule has 0 aliphatic rings. The van der Waals surface area contributed by atoms with E-state index in [1.165, 1.54) is 17.3 Å². The Hall–Kier alpha value is -2.31. The Morgan fingerprint density at radius 1 is 1.19 bits per heavy atom. The van der Waals surface area contributed by atoms with E-state index in [4.69, 9.17) is 11.6 Å². The summed E-state index contributed by atoms with van der Waals surface area (Å²) in [5, 5.41) is 12.3. The van der Waals surface area contributed by atoms with Gasteiger partial charge in [-0.25, -0.2) is 0 Å². The van der Waals surface area contributed by atoms with Gasteiger partial charge in [0.25, 0.3) is 0 Å². The average Bonchev–Trinajstić information content (AvgIpc) is 3.10. The normalized spacial score (nSPS) is 10.7. The van der Waals surface area contributed by atoms with Gasteiger partial charge in [0.05, 0.1) is 11.4 Å². The first-order valence-electron chi connectivity index (χ1n) is 8.14. The van der Waals surface area contributed by atoms with Crippen molar-refractivity contribution < 1.29 is 4.79 Å². The van der Waals surface area contributed by atoms with Crippen LogP contribution in [0.25, 0.3) is 5.69 Å². The molecule has 0 radical (unpaired) electrons. The maximum absolute atomic E-state index is 12.1. The van der Waals surface area contributed by atoms with Gasteiger partial charge >= 0.3 is 0 Å². The Morgan fingerprint density at radius 3 is 2.69 bits per heavy atom. The topological polar surface area (TPSA) is 59.8 Å². The van der Waals surface area contributed by atoms with Gasteiger partial charge in [0.1, 0.15) is 6.33 Å². The van der Waals surface area contributed by atoms with Crippen LogP contribution in [0.15, 0.2) is 53.9 Å². The maximum Gasteiger partial charge on any atom is 0.230 e. The molecule has 26 heavy (non-hydrogen) atoms. The number of carbonyl (C=O) groups is 1. The monoisotopic (exact) mass is 386 g/mol. The molecule has 1 N–H and O–H groups in total. The molecule has 7 heteroatoms. The van der Waals surface area contributed by atoms with Crippen LogP contribution in [-0.2, 0) is 11.3 Å². The lowest BCUT2D eigenvalue weighted by molar-refractivity contribution is -0.118. The third-order valence-corrected chi connectivity index (χ3v) is 5.24. The molecule has 0 saturated carbocycles. The first kappa shape index (κ1) is 18.5. The molecule has 3 rings (SSSR count). The number of amides is 1. The van der Waals surface area contributed by atoms with E-state index in [0.717, 1.165) is 16.8 Å². The van der Waals surface area contributed by atoms with Gasteiger partial charge in [0.15, 0.2) is 5.16 Å². The van der Waals surface area contributed by atoms with E-state index < -0.39 is 0 Å². The molecule has 0 saturated heterocycles. The number of nitrogens with one attached hydrogen (secondary N) is 1. The van der Waals surface area contributed by atoms with Crippen molar-refractivity contribution in [1.29, 1.82) is 0 Å². The van der Waals surface area contributed by atoms with Crippen LogP contribution >= 0.6 is 23.4 Å². The van der Waals surface area contributed by atoms with Gasteiger partial charge < -0.3 is 5.32 Å². The van der Waals surface area contributed by atoms with Gasteiger partial charge in [-0.3, -0.25) is 9.36 Å². The molecule has 0 unspecified atom stereocenters. The fraction of sp³-hybridized carbons (Fsp3) is 0.211. The first-order valence-corrected chi connectivity index (χ1v) is 9.51. The van der Waals surface area contributed by atoms with Crippen molar-refractivity contribution in [2.24, 2.45) is 0 Å². The molecule has 5 nitrogen and oxygen atoms in total. The molecule has 1 aromatic heterocycles. The number of aryl methyl sites for hydroxylation is 2. The number of thioether (sulfide) groups is 1. The summed E-state index contributed by atoms with van der Waals surface area (Å²) >= 11 is 7.53. The second-order valence-electron chi connectivity index (χ2n) is 5.97. The SMILES string of the molecule is Cc1ccc(CNC(=O)CSc2nncn2-c2ccc(C)c(Cl)c2)cc1. The quantitative estimate of drug-likeness (QED) is 0.652. The van der Waals surface area contributed by atoms with Gasteiger partial charge in [0.2, 0.25) is 5.91 Å². The molecule has 0 aliphatic carbocycles. The fourth-order valence-electron chi connectivity index (χ4n) is 2.32. The number of halogens is 1. The molecule has 2 aromatic carbocycles. The van der Waals surface area contributed by atoms with Crippen LogP contribution in [0.4, 0.5) is 0 Å². The zero-order chi connectivity index (χ0) is 18.5. The summed E-state index contributed by atoms with van der Waals surface area (Å²) in [6, 6.07) is 13.9. The zero-order valence-electron chi connectivity index (χ0n) is 14.6. The summed E-state index contributed by atoms with van der Waals surface area (Å²) in [6.07, 6.45) is 1.62. The molecule has 134 valence electrons. The van der Waals surface area contributed by atoms with Crippen molar-refractivity contribution >= 4 is 29.3 Å². The van der Waals surface area contributed by atoms with Crippen molar-refractivity contribution in [2.45, 2.75) is 25.5 Å². The van der Waals surface area contributed by atoms with Gasteiger partial charge in [0, 0.05) is 11.6 Å². The lowest BCUT2D eigenvalue weighted by Gasteiger charge is -2.08. The van der Waals surface area contributed by atoms with Gasteiger partial charge in [-0.05, 0) is 37.1 Å². The van der Waals surface area contributed by atoms with Crippen molar-refractivity contribution in [3.63, 3.8) is 0 Å². The third kappa shape index (κ3) is 4.65. The van der Waals surface area contributed by atoms with Crippen molar-refractivity contribution in [3.05, 3.63) is 70.5 Å². The number of rotatable bonds is 6. The Morgan fingerprint density at radius 2 is 1.96 bits per heavy atom. The predicted octanol–water partition coefficient (Wildman–Crippen LogP) is 3.95. The van der Waals surface area contributed by atoms with Crippen LogP contribution in [0.2, 0.25) is 5.02 Å². The van der Waals surface area contributed by atoms with E-state index in [0.29, 0.717) is 16.7 Å². The minimum absolute atomic E-state index is 0.0490. The lowest BCUT2D eigenvalue weighted by atomic mass is 10.1. The van der Waals surface area contributed by atoms with Crippen LogP contribution in [0, 0.1) is 13.8 Å². The molecule has 0 spiro atoms. The standard InChI is InChI=1S/C19H19ClN4OS/c1-13-3-6-15(7-4-13)10-21-18(25)11-26-19-23-22-12-24(19)16-8-5-14(2)17(20)9-16/h3-9,12H,10-11H2,1-2H3,(H,21,25). The summed E-state index contributed by atoms with van der Waals surface area (Å²) < 4.78 is 1.82. The van der Waals surface area contributed by atoms with Crippen molar-refractivity contribution in [3.8, 4) is 5.69 Å². The smallest absolute Gasteiger partial charge is 0.230 e. The number of carbonyl (C=O) groups excluding carboxylic acids is 1. The van der Waals surface area contributed by atoms with E-state index in [1.807, 2.05) is 60.9 Å². The molecule has 1 heterocycles. The van der Waals surface area contributed by atoms with Gasteiger partial charge in [-0.1, -0.05) is 59.3 Å². The van der Waals surface area contributed by atoms with E-state index in [1.54, 1.807) is 6.33 Å². The summed E-state index contributed by atoms with van der Waals surface area (Å²) in [6.45, 7) is 4.50. The van der Waals surface area contributed by atoms with E-state index >= 15 is 0 Å². The number of hydrogen-bond donors (Lipinski definition) is 1. The summed E-state index contributed by atoms with van der Waals surface area (Å²) in [7, 11) is 0. The highest BCUT2D eigenvalue weighted by atomic mass is 35.5. The predicted molar refractivity (Wildman–Crippen MR) is 105 cm³/mol. The Labute approximate surface area is 161 Å². The number of benzene rings is 2. The molecule has 0 bridgehead atoms. The average molecular weight is 387 g/mol. The van der Waals surface area contributed by atoms with Crippen LogP contribution in [0.5, 0.6) is 0 Å². The summed E-state index contributed by atoms with van der Waals surface area (Å²) in [5.41, 5.74) is 4.15.